The number of rotatable bonds is 6. The van der Waals surface area contributed by atoms with Gasteiger partial charge in [-0.15, -0.1) is 11.3 Å². The Balaban J connectivity index is 1.82. The molecule has 19 heavy (non-hydrogen) atoms. The number of aromatic nitrogens is 1. The molecule has 0 atom stereocenters. The molecule has 1 N–H and O–H groups in total. The summed E-state index contributed by atoms with van der Waals surface area (Å²) in [6.07, 6.45) is 0. The number of nitrogens with zero attached hydrogens (tertiary/aromatic N) is 1. The van der Waals surface area contributed by atoms with Crippen LogP contribution in [0.2, 0.25) is 0 Å². The minimum Gasteiger partial charge on any atom is -0.235 e. The predicted molar refractivity (Wildman–Crippen MR) is 79.2 cm³/mol. The van der Waals surface area contributed by atoms with Crippen LogP contribution in [0.1, 0.15) is 5.69 Å². The molecule has 0 spiro atoms. The minimum atomic E-state index is -3.39. The summed E-state index contributed by atoms with van der Waals surface area (Å²) in [7, 11) is -3.39. The topological polar surface area (TPSA) is 59.1 Å². The molecule has 102 valence electrons. The second kappa shape index (κ2) is 6.51. The molecule has 1 aromatic carbocycles. The molecule has 0 saturated carbocycles. The number of thioether (sulfide) groups is 1. The zero-order chi connectivity index (χ0) is 13.7. The summed E-state index contributed by atoms with van der Waals surface area (Å²) in [5.41, 5.74) is 0.998. The van der Waals surface area contributed by atoms with E-state index in [2.05, 4.69) is 9.71 Å². The lowest BCUT2D eigenvalue weighted by atomic mass is 10.4. The third-order valence-corrected chi connectivity index (χ3v) is 5.89. The number of thiazole rings is 1. The molecule has 1 aromatic heterocycles. The van der Waals surface area contributed by atoms with Gasteiger partial charge in [0, 0.05) is 23.4 Å². The summed E-state index contributed by atoms with van der Waals surface area (Å²) in [5, 5.41) is 1.98. The second-order valence-electron chi connectivity index (χ2n) is 3.81. The Morgan fingerprint density at radius 3 is 2.68 bits per heavy atom. The summed E-state index contributed by atoms with van der Waals surface area (Å²) in [6.45, 7) is 2.33. The number of nitrogens with one attached hydrogen (secondary N) is 1. The van der Waals surface area contributed by atoms with Gasteiger partial charge in [0.1, 0.15) is 4.34 Å². The fraction of sp³-hybridized carbons (Fsp3) is 0.250. The van der Waals surface area contributed by atoms with E-state index in [1.165, 1.54) is 0 Å². The van der Waals surface area contributed by atoms with E-state index in [1.54, 1.807) is 53.4 Å². The molecular weight excluding hydrogens is 300 g/mol. The van der Waals surface area contributed by atoms with Crippen molar-refractivity contribution in [3.05, 3.63) is 41.4 Å². The van der Waals surface area contributed by atoms with Gasteiger partial charge in [0.05, 0.1) is 4.90 Å². The number of sulfonamides is 1. The quantitative estimate of drug-likeness (QED) is 0.657. The van der Waals surface area contributed by atoms with Gasteiger partial charge in [-0.3, -0.25) is 0 Å². The molecule has 0 amide bonds. The van der Waals surface area contributed by atoms with Crippen molar-refractivity contribution in [1.29, 1.82) is 0 Å². The SMILES string of the molecule is Cc1csc(SCCNS(=O)(=O)c2ccccc2)n1. The molecule has 0 aliphatic heterocycles. The monoisotopic (exact) mass is 314 g/mol. The highest BCUT2D eigenvalue weighted by Gasteiger charge is 2.12. The second-order valence-corrected chi connectivity index (χ2v) is 7.78. The average Bonchev–Trinajstić information content (AvgIpc) is 2.82. The van der Waals surface area contributed by atoms with Crippen molar-refractivity contribution in [2.24, 2.45) is 0 Å². The maximum Gasteiger partial charge on any atom is 0.240 e. The normalized spacial score (nSPS) is 11.6. The molecule has 0 radical (unpaired) electrons. The van der Waals surface area contributed by atoms with E-state index < -0.39 is 10.0 Å². The number of hydrogen-bond donors (Lipinski definition) is 1. The molecular formula is C12H14N2O2S3. The van der Waals surface area contributed by atoms with E-state index in [1.807, 2.05) is 12.3 Å². The lowest BCUT2D eigenvalue weighted by Gasteiger charge is -2.05. The van der Waals surface area contributed by atoms with Crippen molar-refractivity contribution in [2.75, 3.05) is 12.3 Å². The molecule has 0 aliphatic rings. The predicted octanol–water partition coefficient (Wildman–Crippen LogP) is 2.52. The van der Waals surface area contributed by atoms with Crippen molar-refractivity contribution in [1.82, 2.24) is 9.71 Å². The first kappa shape index (κ1) is 14.5. The summed E-state index contributed by atoms with van der Waals surface area (Å²) >= 11 is 3.14. The standard InChI is InChI=1S/C12H14N2O2S3/c1-10-9-18-12(14-10)17-8-7-13-19(15,16)11-5-3-2-4-6-11/h2-6,9,13H,7-8H2,1H3. The zero-order valence-electron chi connectivity index (χ0n) is 10.4. The molecule has 1 heterocycles. The number of hydrogen-bond acceptors (Lipinski definition) is 5. The Morgan fingerprint density at radius 1 is 1.32 bits per heavy atom. The Morgan fingerprint density at radius 2 is 2.05 bits per heavy atom. The fourth-order valence-electron chi connectivity index (χ4n) is 1.40. The highest BCUT2D eigenvalue weighted by Crippen LogP contribution is 2.21. The molecule has 0 saturated heterocycles. The van der Waals surface area contributed by atoms with Gasteiger partial charge in [0.15, 0.2) is 0 Å². The van der Waals surface area contributed by atoms with Crippen molar-refractivity contribution in [2.45, 2.75) is 16.2 Å². The molecule has 4 nitrogen and oxygen atoms in total. The summed E-state index contributed by atoms with van der Waals surface area (Å²) in [5.74, 6) is 0.666. The van der Waals surface area contributed by atoms with Crippen LogP contribution in [-0.2, 0) is 10.0 Å². The average molecular weight is 314 g/mol. The van der Waals surface area contributed by atoms with Crippen LogP contribution < -0.4 is 4.72 Å². The molecule has 2 rings (SSSR count). The Hall–Kier alpha value is -0.890. The van der Waals surface area contributed by atoms with Crippen molar-refractivity contribution < 1.29 is 8.42 Å². The first-order chi connectivity index (χ1) is 9.08. The van der Waals surface area contributed by atoms with Gasteiger partial charge in [-0.1, -0.05) is 30.0 Å². The highest BCUT2D eigenvalue weighted by molar-refractivity contribution is 8.01. The Bertz CT molecular complexity index is 623. The van der Waals surface area contributed by atoms with Crippen molar-refractivity contribution in [3.8, 4) is 0 Å². The molecule has 7 heteroatoms. The lowest BCUT2D eigenvalue weighted by molar-refractivity contribution is 0.584. The van der Waals surface area contributed by atoms with Crippen LogP contribution in [0.15, 0.2) is 44.9 Å². The van der Waals surface area contributed by atoms with Crippen LogP contribution in [0.4, 0.5) is 0 Å². The summed E-state index contributed by atoms with van der Waals surface area (Å²) < 4.78 is 27.4. The summed E-state index contributed by atoms with van der Waals surface area (Å²) in [6, 6.07) is 8.38. The van der Waals surface area contributed by atoms with Crippen LogP contribution in [0, 0.1) is 6.92 Å². The molecule has 0 unspecified atom stereocenters. The van der Waals surface area contributed by atoms with Gasteiger partial charge in [0.2, 0.25) is 10.0 Å². The fourth-order valence-corrected chi connectivity index (χ4v) is 4.35. The number of benzene rings is 1. The minimum absolute atomic E-state index is 0.296. The summed E-state index contributed by atoms with van der Waals surface area (Å²) in [4.78, 5) is 4.60. The molecule has 2 aromatic rings. The smallest absolute Gasteiger partial charge is 0.235 e. The third-order valence-electron chi connectivity index (χ3n) is 2.27. The van der Waals surface area contributed by atoms with Crippen LogP contribution in [0.25, 0.3) is 0 Å². The van der Waals surface area contributed by atoms with Crippen LogP contribution in [-0.4, -0.2) is 25.7 Å². The Kier molecular flexibility index (Phi) is 4.98. The third kappa shape index (κ3) is 4.31. The van der Waals surface area contributed by atoms with Gasteiger partial charge < -0.3 is 0 Å². The van der Waals surface area contributed by atoms with Gasteiger partial charge in [-0.05, 0) is 19.1 Å². The van der Waals surface area contributed by atoms with Crippen molar-refractivity contribution in [3.63, 3.8) is 0 Å². The molecule has 0 aliphatic carbocycles. The van der Waals surface area contributed by atoms with Crippen LogP contribution in [0.3, 0.4) is 0 Å². The highest BCUT2D eigenvalue weighted by atomic mass is 32.2. The van der Waals surface area contributed by atoms with Gasteiger partial charge in [-0.2, -0.15) is 0 Å². The first-order valence-electron chi connectivity index (χ1n) is 5.67. The lowest BCUT2D eigenvalue weighted by Crippen LogP contribution is -2.25. The largest absolute Gasteiger partial charge is 0.240 e. The van der Waals surface area contributed by atoms with Crippen molar-refractivity contribution >= 4 is 33.1 Å². The van der Waals surface area contributed by atoms with Gasteiger partial charge in [0.25, 0.3) is 0 Å². The van der Waals surface area contributed by atoms with E-state index in [4.69, 9.17) is 0 Å². The van der Waals surface area contributed by atoms with E-state index >= 15 is 0 Å². The molecule has 0 bridgehead atoms. The maximum atomic E-state index is 11.9. The maximum absolute atomic E-state index is 11.9. The van der Waals surface area contributed by atoms with E-state index in [0.29, 0.717) is 17.2 Å². The van der Waals surface area contributed by atoms with E-state index in [0.717, 1.165) is 10.0 Å². The Labute approximate surface area is 121 Å². The zero-order valence-corrected chi connectivity index (χ0v) is 12.8. The first-order valence-corrected chi connectivity index (χ1v) is 9.02. The van der Waals surface area contributed by atoms with Gasteiger partial charge in [-0.25, -0.2) is 18.1 Å². The van der Waals surface area contributed by atoms with E-state index in [-0.39, 0.29) is 0 Å². The number of aryl methyl sites for hydroxylation is 1. The van der Waals surface area contributed by atoms with Gasteiger partial charge >= 0.3 is 0 Å². The van der Waals surface area contributed by atoms with Crippen LogP contribution >= 0.6 is 23.1 Å². The molecule has 0 fully saturated rings. The van der Waals surface area contributed by atoms with Crippen LogP contribution in [0.5, 0.6) is 0 Å². The van der Waals surface area contributed by atoms with E-state index in [9.17, 15) is 8.42 Å².